The van der Waals surface area contributed by atoms with Gasteiger partial charge in [-0.3, -0.25) is 4.79 Å². The van der Waals surface area contributed by atoms with Crippen molar-refractivity contribution in [3.05, 3.63) is 41.5 Å². The van der Waals surface area contributed by atoms with E-state index in [9.17, 15) is 4.79 Å². The smallest absolute Gasteiger partial charge is 0.302 e. The van der Waals surface area contributed by atoms with E-state index in [1.165, 1.54) is 6.92 Å². The van der Waals surface area contributed by atoms with Crippen LogP contribution in [0, 0.1) is 0 Å². The summed E-state index contributed by atoms with van der Waals surface area (Å²) in [5, 5.41) is 1.96. The highest BCUT2D eigenvalue weighted by atomic mass is 16.5. The molecule has 0 radical (unpaired) electrons. The molecule has 4 heteroatoms. The quantitative estimate of drug-likeness (QED) is 0.811. The minimum Gasteiger partial charge on any atom is -0.496 e. The topological polar surface area (TPSA) is 44.8 Å². The van der Waals surface area contributed by atoms with E-state index in [2.05, 4.69) is 0 Å². The normalized spacial score (nSPS) is 12.7. The highest BCUT2D eigenvalue weighted by Gasteiger charge is 2.21. The summed E-state index contributed by atoms with van der Waals surface area (Å²) in [7, 11) is 1.62. The van der Waals surface area contributed by atoms with Gasteiger partial charge >= 0.3 is 5.97 Å². The Labute approximate surface area is 122 Å². The summed E-state index contributed by atoms with van der Waals surface area (Å²) in [6, 6.07) is 7.90. The van der Waals surface area contributed by atoms with Gasteiger partial charge in [0.15, 0.2) is 0 Å². The van der Waals surface area contributed by atoms with Gasteiger partial charge in [0.2, 0.25) is 0 Å². The third-order valence-corrected chi connectivity index (χ3v) is 3.49. The van der Waals surface area contributed by atoms with Crippen molar-refractivity contribution in [2.75, 3.05) is 13.7 Å². The van der Waals surface area contributed by atoms with Crippen LogP contribution in [0.1, 0.15) is 18.1 Å². The number of fused-ring (bicyclic) bond motifs is 3. The highest BCUT2D eigenvalue weighted by Crippen LogP contribution is 2.43. The van der Waals surface area contributed by atoms with Crippen molar-refractivity contribution >= 4 is 22.8 Å². The molecule has 3 rings (SSSR count). The lowest BCUT2D eigenvalue weighted by molar-refractivity contribution is -0.142. The summed E-state index contributed by atoms with van der Waals surface area (Å²) in [5.74, 6) is 1.22. The maximum Gasteiger partial charge on any atom is 0.302 e. The number of benzene rings is 2. The van der Waals surface area contributed by atoms with Crippen LogP contribution in [0.2, 0.25) is 0 Å². The van der Waals surface area contributed by atoms with Gasteiger partial charge in [-0.15, -0.1) is 0 Å². The molecule has 0 saturated carbocycles. The Kier molecular flexibility index (Phi) is 3.52. The van der Waals surface area contributed by atoms with E-state index >= 15 is 0 Å². The molecule has 0 N–H and O–H groups in total. The second-order valence-corrected chi connectivity index (χ2v) is 4.79. The van der Waals surface area contributed by atoms with E-state index in [0.717, 1.165) is 33.4 Å². The van der Waals surface area contributed by atoms with E-state index < -0.39 is 0 Å². The van der Waals surface area contributed by atoms with Gasteiger partial charge in [0, 0.05) is 28.8 Å². The largest absolute Gasteiger partial charge is 0.496 e. The molecule has 108 valence electrons. The first-order valence-corrected chi connectivity index (χ1v) is 6.76. The number of ether oxygens (including phenoxy) is 3. The molecular weight excluding hydrogens is 268 g/mol. The summed E-state index contributed by atoms with van der Waals surface area (Å²) in [6.07, 6.45) is 3.93. The lowest BCUT2D eigenvalue weighted by Gasteiger charge is -2.21. The first kappa shape index (κ1) is 13.5. The van der Waals surface area contributed by atoms with Crippen LogP contribution in [0.15, 0.2) is 30.3 Å². The maximum absolute atomic E-state index is 11.1. The van der Waals surface area contributed by atoms with Crippen molar-refractivity contribution in [2.45, 2.75) is 13.5 Å². The van der Waals surface area contributed by atoms with Crippen molar-refractivity contribution < 1.29 is 19.0 Å². The average Bonchev–Trinajstić information content (AvgIpc) is 2.52. The van der Waals surface area contributed by atoms with E-state index in [-0.39, 0.29) is 12.6 Å². The molecule has 0 aromatic heterocycles. The van der Waals surface area contributed by atoms with Crippen molar-refractivity contribution in [1.29, 1.82) is 0 Å². The van der Waals surface area contributed by atoms with Gasteiger partial charge in [-0.05, 0) is 6.08 Å². The van der Waals surface area contributed by atoms with Gasteiger partial charge in [0.1, 0.15) is 24.7 Å². The van der Waals surface area contributed by atoms with Gasteiger partial charge in [-0.2, -0.15) is 0 Å². The third-order valence-electron chi connectivity index (χ3n) is 3.49. The molecule has 1 aliphatic rings. The molecule has 4 nitrogen and oxygen atoms in total. The second-order valence-electron chi connectivity index (χ2n) is 4.79. The number of carbonyl (C=O) groups excluding carboxylic acids is 1. The lowest BCUT2D eigenvalue weighted by Crippen LogP contribution is -2.08. The molecule has 21 heavy (non-hydrogen) atoms. The molecule has 0 fully saturated rings. The monoisotopic (exact) mass is 284 g/mol. The molecule has 0 spiro atoms. The predicted molar refractivity (Wildman–Crippen MR) is 80.5 cm³/mol. The number of hydrogen-bond donors (Lipinski definition) is 0. The number of esters is 1. The van der Waals surface area contributed by atoms with Crippen LogP contribution in [0.3, 0.4) is 0 Å². The average molecular weight is 284 g/mol. The Morgan fingerprint density at radius 3 is 2.76 bits per heavy atom. The van der Waals surface area contributed by atoms with Crippen molar-refractivity contribution in [3.63, 3.8) is 0 Å². The summed E-state index contributed by atoms with van der Waals surface area (Å²) >= 11 is 0. The zero-order valence-electron chi connectivity index (χ0n) is 12.0. The first-order chi connectivity index (χ1) is 10.2. The molecule has 1 aliphatic heterocycles. The zero-order valence-corrected chi connectivity index (χ0v) is 12.0. The maximum atomic E-state index is 11.1. The van der Waals surface area contributed by atoms with Gasteiger partial charge in [-0.25, -0.2) is 0 Å². The summed E-state index contributed by atoms with van der Waals surface area (Å²) in [4.78, 5) is 11.1. The zero-order chi connectivity index (χ0) is 14.8. The van der Waals surface area contributed by atoms with E-state index in [1.54, 1.807) is 7.11 Å². The van der Waals surface area contributed by atoms with Crippen molar-refractivity contribution in [1.82, 2.24) is 0 Å². The summed E-state index contributed by atoms with van der Waals surface area (Å²) < 4.78 is 16.6. The Balaban J connectivity index is 2.28. The molecule has 0 aliphatic carbocycles. The minimum absolute atomic E-state index is 0.166. The fourth-order valence-electron chi connectivity index (χ4n) is 2.63. The Hall–Kier alpha value is -2.49. The summed E-state index contributed by atoms with van der Waals surface area (Å²) in [6.45, 7) is 2.10. The minimum atomic E-state index is -0.320. The molecule has 0 atom stereocenters. The van der Waals surface area contributed by atoms with Crippen LogP contribution in [-0.4, -0.2) is 19.7 Å². The van der Waals surface area contributed by atoms with Gasteiger partial charge < -0.3 is 14.2 Å². The van der Waals surface area contributed by atoms with E-state index in [4.69, 9.17) is 14.2 Å². The fraction of sp³-hybridized carbons (Fsp3) is 0.235. The molecule has 0 unspecified atom stereocenters. The van der Waals surface area contributed by atoms with Crippen molar-refractivity contribution in [3.8, 4) is 11.5 Å². The molecule has 1 heterocycles. The number of carbonyl (C=O) groups is 1. The predicted octanol–water partition coefficient (Wildman–Crippen LogP) is 3.32. The molecule has 2 aromatic carbocycles. The van der Waals surface area contributed by atoms with Crippen LogP contribution in [0.4, 0.5) is 0 Å². The molecular formula is C17H16O4. The summed E-state index contributed by atoms with van der Waals surface area (Å²) in [5.41, 5.74) is 1.75. The Bertz CT molecular complexity index is 731. The second kappa shape index (κ2) is 5.48. The molecule has 0 bridgehead atoms. The van der Waals surface area contributed by atoms with E-state index in [0.29, 0.717) is 6.61 Å². The Morgan fingerprint density at radius 1 is 1.29 bits per heavy atom. The fourth-order valence-corrected chi connectivity index (χ4v) is 2.63. The Morgan fingerprint density at radius 2 is 2.05 bits per heavy atom. The van der Waals surface area contributed by atoms with Crippen molar-refractivity contribution in [2.24, 2.45) is 0 Å². The van der Waals surface area contributed by atoms with Gasteiger partial charge in [0.25, 0.3) is 0 Å². The number of hydrogen-bond acceptors (Lipinski definition) is 4. The van der Waals surface area contributed by atoms with Crippen LogP contribution in [0.5, 0.6) is 11.5 Å². The van der Waals surface area contributed by atoms with E-state index in [1.807, 2.05) is 36.4 Å². The number of rotatable bonds is 3. The van der Waals surface area contributed by atoms with Crippen LogP contribution in [-0.2, 0) is 16.1 Å². The lowest BCUT2D eigenvalue weighted by atomic mass is 9.96. The SMILES string of the molecule is COc1c(COC(C)=O)c2c(c3ccccc13)OCC=C2. The standard InChI is InChI=1S/C17H16O4/c1-11(18)21-10-15-14-8-5-9-20-17(14)13-7-4-3-6-12(13)16(15)19-2/h3-8H,9-10H2,1-2H3. The highest BCUT2D eigenvalue weighted by molar-refractivity contribution is 5.98. The van der Waals surface area contributed by atoms with Crippen LogP contribution >= 0.6 is 0 Å². The van der Waals surface area contributed by atoms with Gasteiger partial charge in [0.05, 0.1) is 7.11 Å². The third kappa shape index (κ3) is 2.33. The number of methoxy groups -OCH3 is 1. The van der Waals surface area contributed by atoms with Gasteiger partial charge in [-0.1, -0.05) is 30.3 Å². The molecule has 0 amide bonds. The molecule has 0 saturated heterocycles. The molecule has 2 aromatic rings. The van der Waals surface area contributed by atoms with Crippen LogP contribution < -0.4 is 9.47 Å². The van der Waals surface area contributed by atoms with Crippen LogP contribution in [0.25, 0.3) is 16.8 Å². The first-order valence-electron chi connectivity index (χ1n) is 6.76.